The van der Waals surface area contributed by atoms with Crippen LogP contribution in [0.1, 0.15) is 27.2 Å². The second kappa shape index (κ2) is 6.29. The Hall–Kier alpha value is -1.95. The summed E-state index contributed by atoms with van der Waals surface area (Å²) in [7, 11) is 0. The lowest BCUT2D eigenvalue weighted by atomic mass is 10.3. The fraction of sp³-hybridized carbons (Fsp3) is 0.308. The molecule has 0 saturated heterocycles. The van der Waals surface area contributed by atoms with Crippen LogP contribution in [-0.2, 0) is 6.54 Å². The maximum absolute atomic E-state index is 11.5. The second-order valence-corrected chi connectivity index (χ2v) is 5.40. The van der Waals surface area contributed by atoms with Gasteiger partial charge in [-0.25, -0.2) is 0 Å². The van der Waals surface area contributed by atoms with Gasteiger partial charge in [-0.3, -0.25) is 4.79 Å². The van der Waals surface area contributed by atoms with Crippen molar-refractivity contribution in [3.8, 4) is 0 Å². The first-order valence-corrected chi connectivity index (χ1v) is 6.92. The molecule has 2 aromatic rings. The molecule has 100 valence electrons. The van der Waals surface area contributed by atoms with Crippen molar-refractivity contribution in [2.24, 2.45) is 0 Å². The Morgan fingerprint density at radius 3 is 2.68 bits per heavy atom. The van der Waals surface area contributed by atoms with E-state index < -0.39 is 0 Å². The first kappa shape index (κ1) is 13.5. The number of aromatic nitrogens is 2. The molecular formula is C13H16N4OS. The van der Waals surface area contributed by atoms with Crippen LogP contribution in [0.3, 0.4) is 0 Å². The summed E-state index contributed by atoms with van der Waals surface area (Å²) in [5, 5.41) is 13.7. The lowest BCUT2D eigenvalue weighted by Gasteiger charge is -2.04. The maximum Gasteiger partial charge on any atom is 0.271 e. The summed E-state index contributed by atoms with van der Waals surface area (Å²) < 4.78 is 0. The molecule has 0 fully saturated rings. The summed E-state index contributed by atoms with van der Waals surface area (Å²) in [6, 6.07) is 7.60. The highest BCUT2D eigenvalue weighted by Gasteiger charge is 2.06. The van der Waals surface area contributed by atoms with Gasteiger partial charge >= 0.3 is 0 Å². The minimum atomic E-state index is -0.199. The number of carbonyl (C=O) groups excluding carboxylic acids is 1. The fourth-order valence-electron chi connectivity index (χ4n) is 1.56. The van der Waals surface area contributed by atoms with Crippen molar-refractivity contribution in [3.63, 3.8) is 0 Å². The molecule has 0 aliphatic carbocycles. The van der Waals surface area contributed by atoms with E-state index in [1.54, 1.807) is 23.5 Å². The largest absolute Gasteiger partial charge is 0.364 e. The molecule has 0 spiro atoms. The molecular weight excluding hydrogens is 260 g/mol. The van der Waals surface area contributed by atoms with E-state index in [0.29, 0.717) is 24.6 Å². The van der Waals surface area contributed by atoms with Gasteiger partial charge in [-0.1, -0.05) is 0 Å². The molecule has 6 heteroatoms. The summed E-state index contributed by atoms with van der Waals surface area (Å²) in [5.74, 6) is 0.467. The highest BCUT2D eigenvalue weighted by Crippen LogP contribution is 2.16. The van der Waals surface area contributed by atoms with Crippen molar-refractivity contribution < 1.29 is 4.79 Å². The lowest BCUT2D eigenvalue weighted by molar-refractivity contribution is 0.0950. The molecule has 0 aliphatic rings. The molecule has 0 aromatic carbocycles. The number of rotatable bonds is 5. The molecule has 2 heterocycles. The average Bonchev–Trinajstić information content (AvgIpc) is 2.83. The smallest absolute Gasteiger partial charge is 0.271 e. The summed E-state index contributed by atoms with van der Waals surface area (Å²) in [5.41, 5.74) is 0.333. The zero-order chi connectivity index (χ0) is 13.7. The van der Waals surface area contributed by atoms with E-state index in [9.17, 15) is 4.79 Å². The standard InChI is InChI=1S/C13H16N4OS/c1-3-14-13(18)11-6-7-12(17-16-11)15-8-10-5-4-9(2)19-10/h4-7H,3,8H2,1-2H3,(H,14,18)(H,15,17). The Bertz CT molecular complexity index is 550. The van der Waals surface area contributed by atoms with Gasteiger partial charge in [0.1, 0.15) is 5.82 Å². The third-order valence-corrected chi connectivity index (χ3v) is 3.47. The molecule has 0 aliphatic heterocycles. The lowest BCUT2D eigenvalue weighted by Crippen LogP contribution is -2.24. The van der Waals surface area contributed by atoms with E-state index in [0.717, 1.165) is 0 Å². The number of hydrogen-bond donors (Lipinski definition) is 2. The average molecular weight is 276 g/mol. The monoisotopic (exact) mass is 276 g/mol. The van der Waals surface area contributed by atoms with E-state index in [4.69, 9.17) is 0 Å². The Morgan fingerprint density at radius 2 is 2.11 bits per heavy atom. The number of aryl methyl sites for hydroxylation is 1. The number of anilines is 1. The molecule has 2 rings (SSSR count). The summed E-state index contributed by atoms with van der Waals surface area (Å²) in [6.45, 7) is 5.24. The van der Waals surface area contributed by atoms with Crippen molar-refractivity contribution in [3.05, 3.63) is 39.7 Å². The van der Waals surface area contributed by atoms with Crippen LogP contribution in [0.25, 0.3) is 0 Å². The van der Waals surface area contributed by atoms with Gasteiger partial charge in [0.05, 0.1) is 6.54 Å². The zero-order valence-electron chi connectivity index (χ0n) is 10.9. The number of hydrogen-bond acceptors (Lipinski definition) is 5. The van der Waals surface area contributed by atoms with Crippen LogP contribution in [0.15, 0.2) is 24.3 Å². The van der Waals surface area contributed by atoms with Crippen LogP contribution >= 0.6 is 11.3 Å². The van der Waals surface area contributed by atoms with Crippen LogP contribution in [0.5, 0.6) is 0 Å². The van der Waals surface area contributed by atoms with Crippen molar-refractivity contribution >= 4 is 23.1 Å². The molecule has 19 heavy (non-hydrogen) atoms. The zero-order valence-corrected chi connectivity index (χ0v) is 11.8. The van der Waals surface area contributed by atoms with Gasteiger partial charge in [-0.15, -0.1) is 21.5 Å². The summed E-state index contributed by atoms with van der Waals surface area (Å²) >= 11 is 1.75. The van der Waals surface area contributed by atoms with E-state index in [1.807, 2.05) is 6.92 Å². The number of carbonyl (C=O) groups is 1. The van der Waals surface area contributed by atoms with Gasteiger partial charge < -0.3 is 10.6 Å². The van der Waals surface area contributed by atoms with Crippen LogP contribution in [0, 0.1) is 6.92 Å². The van der Waals surface area contributed by atoms with Crippen LogP contribution in [0.2, 0.25) is 0 Å². The predicted molar refractivity (Wildman–Crippen MR) is 76.4 cm³/mol. The van der Waals surface area contributed by atoms with Crippen LogP contribution < -0.4 is 10.6 Å². The second-order valence-electron chi connectivity index (χ2n) is 4.03. The van der Waals surface area contributed by atoms with Gasteiger partial charge in [0.15, 0.2) is 5.69 Å². The normalized spacial score (nSPS) is 10.2. The van der Waals surface area contributed by atoms with Gasteiger partial charge in [-0.05, 0) is 38.1 Å². The molecule has 0 radical (unpaired) electrons. The predicted octanol–water partition coefficient (Wildman–Crippen LogP) is 2.21. The van der Waals surface area contributed by atoms with Gasteiger partial charge in [0.25, 0.3) is 5.91 Å². The van der Waals surface area contributed by atoms with Crippen molar-refractivity contribution in [2.45, 2.75) is 20.4 Å². The number of thiophene rings is 1. The van der Waals surface area contributed by atoms with Gasteiger partial charge in [-0.2, -0.15) is 0 Å². The molecule has 0 atom stereocenters. The minimum Gasteiger partial charge on any atom is -0.364 e. The molecule has 0 unspecified atom stereocenters. The topological polar surface area (TPSA) is 66.9 Å². The van der Waals surface area contributed by atoms with Crippen molar-refractivity contribution in [2.75, 3.05) is 11.9 Å². The minimum absolute atomic E-state index is 0.199. The Labute approximate surface area is 116 Å². The first-order valence-electron chi connectivity index (χ1n) is 6.10. The third kappa shape index (κ3) is 3.75. The third-order valence-electron chi connectivity index (χ3n) is 2.47. The highest BCUT2D eigenvalue weighted by molar-refractivity contribution is 7.11. The van der Waals surface area contributed by atoms with E-state index in [-0.39, 0.29) is 5.91 Å². The number of amides is 1. The Kier molecular flexibility index (Phi) is 4.46. The first-order chi connectivity index (χ1) is 9.19. The van der Waals surface area contributed by atoms with Gasteiger partial charge in [0.2, 0.25) is 0 Å². The molecule has 1 amide bonds. The van der Waals surface area contributed by atoms with Gasteiger partial charge in [0, 0.05) is 16.3 Å². The summed E-state index contributed by atoms with van der Waals surface area (Å²) in [6.07, 6.45) is 0. The van der Waals surface area contributed by atoms with E-state index in [2.05, 4.69) is 39.9 Å². The van der Waals surface area contributed by atoms with Crippen LogP contribution in [-0.4, -0.2) is 22.6 Å². The van der Waals surface area contributed by atoms with Crippen LogP contribution in [0.4, 0.5) is 5.82 Å². The molecule has 2 aromatic heterocycles. The summed E-state index contributed by atoms with van der Waals surface area (Å²) in [4.78, 5) is 14.0. The molecule has 0 bridgehead atoms. The van der Waals surface area contributed by atoms with Crippen molar-refractivity contribution in [1.29, 1.82) is 0 Å². The fourth-order valence-corrected chi connectivity index (χ4v) is 2.39. The van der Waals surface area contributed by atoms with E-state index in [1.165, 1.54) is 9.75 Å². The van der Waals surface area contributed by atoms with E-state index >= 15 is 0 Å². The highest BCUT2D eigenvalue weighted by atomic mass is 32.1. The molecule has 5 nitrogen and oxygen atoms in total. The maximum atomic E-state index is 11.5. The Morgan fingerprint density at radius 1 is 1.26 bits per heavy atom. The molecule has 2 N–H and O–H groups in total. The molecule has 0 saturated carbocycles. The Balaban J connectivity index is 1.93. The van der Waals surface area contributed by atoms with Crippen molar-refractivity contribution in [1.82, 2.24) is 15.5 Å². The number of nitrogens with zero attached hydrogens (tertiary/aromatic N) is 2. The number of nitrogens with one attached hydrogen (secondary N) is 2. The quantitative estimate of drug-likeness (QED) is 0.878. The SMILES string of the molecule is CCNC(=O)c1ccc(NCc2ccc(C)s2)nn1.